The Morgan fingerprint density at radius 1 is 1.39 bits per heavy atom. The van der Waals surface area contributed by atoms with E-state index in [2.05, 4.69) is 15.6 Å². The van der Waals surface area contributed by atoms with Gasteiger partial charge < -0.3 is 10.4 Å². The fourth-order valence-electron chi connectivity index (χ4n) is 2.01. The summed E-state index contributed by atoms with van der Waals surface area (Å²) in [4.78, 5) is 22.7. The highest BCUT2D eigenvalue weighted by atomic mass is 35.5. The molecule has 0 unspecified atom stereocenters. The maximum absolute atomic E-state index is 12.0. The number of carboxylic acids is 1. The second-order valence-electron chi connectivity index (χ2n) is 5.78. The van der Waals surface area contributed by atoms with Crippen molar-refractivity contribution >= 4 is 23.5 Å². The lowest BCUT2D eigenvalue weighted by atomic mass is 9.84. The van der Waals surface area contributed by atoms with Crippen LogP contribution in [0, 0.1) is 0 Å². The predicted molar refractivity (Wildman–Crippen MR) is 84.5 cm³/mol. The van der Waals surface area contributed by atoms with Gasteiger partial charge in [0.25, 0.3) is 0 Å². The van der Waals surface area contributed by atoms with Gasteiger partial charge in [0.2, 0.25) is 5.91 Å². The molecule has 1 amide bonds. The number of hydrogen-bond acceptors (Lipinski definition) is 4. The van der Waals surface area contributed by atoms with Crippen molar-refractivity contribution in [2.45, 2.75) is 25.8 Å². The first-order valence-corrected chi connectivity index (χ1v) is 7.32. The van der Waals surface area contributed by atoms with E-state index < -0.39 is 5.97 Å². The van der Waals surface area contributed by atoms with Crippen molar-refractivity contribution in [2.75, 3.05) is 6.54 Å². The molecule has 8 heteroatoms. The van der Waals surface area contributed by atoms with Crippen molar-refractivity contribution in [1.82, 2.24) is 20.3 Å². The number of rotatable bonds is 6. The molecule has 0 fully saturated rings. The van der Waals surface area contributed by atoms with Crippen molar-refractivity contribution in [3.63, 3.8) is 0 Å². The Morgan fingerprint density at radius 2 is 2.13 bits per heavy atom. The van der Waals surface area contributed by atoms with E-state index in [0.717, 1.165) is 5.56 Å². The summed E-state index contributed by atoms with van der Waals surface area (Å²) in [5, 5.41) is 19.3. The van der Waals surface area contributed by atoms with Gasteiger partial charge in [-0.15, -0.1) is 5.10 Å². The third-order valence-electron chi connectivity index (χ3n) is 3.40. The summed E-state index contributed by atoms with van der Waals surface area (Å²) in [6, 6.07) is 7.48. The molecule has 1 aromatic heterocycles. The first-order valence-electron chi connectivity index (χ1n) is 6.94. The van der Waals surface area contributed by atoms with Gasteiger partial charge in [-0.3, -0.25) is 4.79 Å². The molecule has 2 rings (SSSR count). The lowest BCUT2D eigenvalue weighted by Gasteiger charge is -2.25. The summed E-state index contributed by atoms with van der Waals surface area (Å²) in [6.45, 7) is 4.31. The number of hydrogen-bond donors (Lipinski definition) is 2. The maximum Gasteiger partial charge on any atom is 0.358 e. The highest BCUT2D eigenvalue weighted by Gasteiger charge is 2.22. The quantitative estimate of drug-likeness (QED) is 0.837. The number of nitrogens with zero attached hydrogens (tertiary/aromatic N) is 3. The Labute approximate surface area is 138 Å². The zero-order valence-corrected chi connectivity index (χ0v) is 13.5. The second-order valence-corrected chi connectivity index (χ2v) is 6.21. The van der Waals surface area contributed by atoms with Gasteiger partial charge in [-0.25, -0.2) is 9.48 Å². The fraction of sp³-hybridized carbons (Fsp3) is 0.333. The molecule has 7 nitrogen and oxygen atoms in total. The number of aromatic carboxylic acids is 1. The largest absolute Gasteiger partial charge is 0.476 e. The Balaban J connectivity index is 1.93. The van der Waals surface area contributed by atoms with Crippen LogP contribution in [-0.4, -0.2) is 38.5 Å². The average molecular weight is 337 g/mol. The minimum Gasteiger partial charge on any atom is -0.476 e. The van der Waals surface area contributed by atoms with Crippen LogP contribution >= 0.6 is 11.6 Å². The van der Waals surface area contributed by atoms with E-state index in [9.17, 15) is 9.59 Å². The molecule has 0 spiro atoms. The number of nitrogens with one attached hydrogen (secondary N) is 1. The fourth-order valence-corrected chi connectivity index (χ4v) is 2.20. The van der Waals surface area contributed by atoms with Crippen LogP contribution in [0.15, 0.2) is 30.5 Å². The molecule has 1 heterocycles. The van der Waals surface area contributed by atoms with Gasteiger partial charge in [-0.05, 0) is 17.7 Å². The minimum absolute atomic E-state index is 0.0914. The van der Waals surface area contributed by atoms with E-state index in [1.807, 2.05) is 32.0 Å². The standard InChI is InChI=1S/C15H17ClN4O3/c1-15(2,10-4-3-5-11(16)6-10)9-17-13(21)8-20-7-12(14(22)23)18-19-20/h3-7H,8-9H2,1-2H3,(H,17,21)(H,22,23). The lowest BCUT2D eigenvalue weighted by molar-refractivity contribution is -0.122. The zero-order chi connectivity index (χ0) is 17.0. The van der Waals surface area contributed by atoms with Crippen LogP contribution in [0.4, 0.5) is 0 Å². The molecule has 0 aliphatic carbocycles. The minimum atomic E-state index is -1.18. The highest BCUT2D eigenvalue weighted by molar-refractivity contribution is 6.30. The van der Waals surface area contributed by atoms with E-state index in [4.69, 9.17) is 16.7 Å². The van der Waals surface area contributed by atoms with Crippen molar-refractivity contribution in [1.29, 1.82) is 0 Å². The molecule has 0 saturated carbocycles. The van der Waals surface area contributed by atoms with E-state index >= 15 is 0 Å². The van der Waals surface area contributed by atoms with Gasteiger partial charge in [-0.2, -0.15) is 0 Å². The molecule has 2 N–H and O–H groups in total. The Kier molecular flexibility index (Phi) is 5.00. The highest BCUT2D eigenvalue weighted by Crippen LogP contribution is 2.24. The molecule has 0 saturated heterocycles. The SMILES string of the molecule is CC(C)(CNC(=O)Cn1cc(C(=O)O)nn1)c1cccc(Cl)c1. The predicted octanol–water partition coefficient (Wildman–Crippen LogP) is 1.72. The molecule has 0 aliphatic rings. The Hall–Kier alpha value is -2.41. The van der Waals surface area contributed by atoms with Gasteiger partial charge in [-0.1, -0.05) is 42.8 Å². The lowest BCUT2D eigenvalue weighted by Crippen LogP contribution is -2.38. The van der Waals surface area contributed by atoms with E-state index in [1.165, 1.54) is 10.9 Å². The molecule has 0 radical (unpaired) electrons. The molecule has 0 bridgehead atoms. The molecule has 1 aromatic carbocycles. The van der Waals surface area contributed by atoms with Gasteiger partial charge in [0.15, 0.2) is 5.69 Å². The summed E-state index contributed by atoms with van der Waals surface area (Å²) in [5.41, 5.74) is 0.520. The monoisotopic (exact) mass is 336 g/mol. The van der Waals surface area contributed by atoms with Gasteiger partial charge in [0, 0.05) is 17.0 Å². The number of amides is 1. The Bertz CT molecular complexity index is 727. The smallest absolute Gasteiger partial charge is 0.358 e. The van der Waals surface area contributed by atoms with Crippen LogP contribution in [0.3, 0.4) is 0 Å². The van der Waals surface area contributed by atoms with Crippen molar-refractivity contribution < 1.29 is 14.7 Å². The van der Waals surface area contributed by atoms with Crippen LogP contribution in [0.25, 0.3) is 0 Å². The van der Waals surface area contributed by atoms with Gasteiger partial charge >= 0.3 is 5.97 Å². The average Bonchev–Trinajstić information content (AvgIpc) is 2.94. The Morgan fingerprint density at radius 3 is 2.74 bits per heavy atom. The normalized spacial score (nSPS) is 11.3. The molecule has 0 aliphatic heterocycles. The molecule has 2 aromatic rings. The second kappa shape index (κ2) is 6.78. The van der Waals surface area contributed by atoms with Crippen LogP contribution in [-0.2, 0) is 16.8 Å². The molecular weight excluding hydrogens is 320 g/mol. The van der Waals surface area contributed by atoms with Gasteiger partial charge in [0.1, 0.15) is 6.54 Å². The van der Waals surface area contributed by atoms with E-state index in [0.29, 0.717) is 11.6 Å². The van der Waals surface area contributed by atoms with Crippen molar-refractivity contribution in [3.8, 4) is 0 Å². The first kappa shape index (κ1) is 17.0. The number of benzene rings is 1. The summed E-state index contributed by atoms with van der Waals surface area (Å²) in [7, 11) is 0. The maximum atomic E-state index is 12.0. The van der Waals surface area contributed by atoms with Crippen LogP contribution < -0.4 is 5.32 Å². The number of carbonyl (C=O) groups excluding carboxylic acids is 1. The number of carbonyl (C=O) groups is 2. The first-order chi connectivity index (χ1) is 10.8. The number of carboxylic acid groups (broad SMARTS) is 1. The van der Waals surface area contributed by atoms with E-state index in [-0.39, 0.29) is 23.6 Å². The van der Waals surface area contributed by atoms with Crippen LogP contribution in [0.5, 0.6) is 0 Å². The molecule has 23 heavy (non-hydrogen) atoms. The van der Waals surface area contributed by atoms with Crippen LogP contribution in [0.2, 0.25) is 5.02 Å². The van der Waals surface area contributed by atoms with Crippen LogP contribution in [0.1, 0.15) is 29.9 Å². The third-order valence-corrected chi connectivity index (χ3v) is 3.63. The molecule has 122 valence electrons. The topological polar surface area (TPSA) is 97.1 Å². The summed E-state index contributed by atoms with van der Waals surface area (Å²) >= 11 is 5.99. The summed E-state index contributed by atoms with van der Waals surface area (Å²) < 4.78 is 1.19. The van der Waals surface area contributed by atoms with Gasteiger partial charge in [0.05, 0.1) is 6.20 Å². The number of halogens is 1. The summed E-state index contributed by atoms with van der Waals surface area (Å²) in [6.07, 6.45) is 1.21. The zero-order valence-electron chi connectivity index (χ0n) is 12.8. The van der Waals surface area contributed by atoms with E-state index in [1.54, 1.807) is 6.07 Å². The molecular formula is C15H17ClN4O3. The summed E-state index contributed by atoms with van der Waals surface area (Å²) in [5.74, 6) is -1.46. The number of aromatic nitrogens is 3. The molecule has 0 atom stereocenters. The third kappa shape index (κ3) is 4.53. The van der Waals surface area contributed by atoms with Crippen molar-refractivity contribution in [3.05, 3.63) is 46.7 Å². The van der Waals surface area contributed by atoms with Crippen molar-refractivity contribution in [2.24, 2.45) is 0 Å².